The maximum Gasteiger partial charge on any atom is 0.222 e. The summed E-state index contributed by atoms with van der Waals surface area (Å²) < 4.78 is 0. The van der Waals surface area contributed by atoms with E-state index in [9.17, 15) is 4.79 Å². The van der Waals surface area contributed by atoms with E-state index in [1.54, 1.807) is 6.20 Å². The van der Waals surface area contributed by atoms with Crippen molar-refractivity contribution < 1.29 is 4.79 Å². The number of hydrogen-bond donors (Lipinski definition) is 1. The molecule has 0 atom stereocenters. The van der Waals surface area contributed by atoms with Crippen LogP contribution >= 0.6 is 24.8 Å². The summed E-state index contributed by atoms with van der Waals surface area (Å²) in [4.78, 5) is 18.3. The molecule has 0 radical (unpaired) electrons. The molecule has 0 unspecified atom stereocenters. The number of rotatable bonds is 4. The van der Waals surface area contributed by atoms with Crippen molar-refractivity contribution in [2.75, 3.05) is 20.1 Å². The summed E-state index contributed by atoms with van der Waals surface area (Å²) in [6.45, 7) is 2.03. The Hall–Kier alpha value is -0.840. The van der Waals surface area contributed by atoms with Gasteiger partial charge in [0.05, 0.1) is 0 Å². The summed E-state index contributed by atoms with van der Waals surface area (Å²) in [5, 5.41) is 3.32. The van der Waals surface area contributed by atoms with Gasteiger partial charge < -0.3 is 10.2 Å². The number of carbonyl (C=O) groups is 1. The fourth-order valence-electron chi connectivity index (χ4n) is 2.35. The highest BCUT2D eigenvalue weighted by Gasteiger charge is 2.21. The quantitative estimate of drug-likeness (QED) is 0.924. The number of hydrogen-bond acceptors (Lipinski definition) is 3. The fourth-order valence-corrected chi connectivity index (χ4v) is 2.35. The van der Waals surface area contributed by atoms with Gasteiger partial charge in [-0.3, -0.25) is 9.78 Å². The predicted octanol–water partition coefficient (Wildman–Crippen LogP) is 2.07. The third kappa shape index (κ3) is 5.65. The number of carbonyl (C=O) groups excluding carboxylic acids is 1. The van der Waals surface area contributed by atoms with E-state index in [2.05, 4.69) is 10.3 Å². The first-order valence-electron chi connectivity index (χ1n) is 6.63. The lowest BCUT2D eigenvalue weighted by atomic mass is 10.0. The van der Waals surface area contributed by atoms with Gasteiger partial charge in [0.15, 0.2) is 0 Å². The minimum absolute atomic E-state index is 0. The van der Waals surface area contributed by atoms with E-state index < -0.39 is 0 Å². The summed E-state index contributed by atoms with van der Waals surface area (Å²) in [5.74, 6) is 0.229. The standard InChI is InChI=1S/C14H21N3O.2ClH/c1-17(13-7-10-15-11-8-13)14(18)6-5-12-4-2-3-9-16-12;;/h2-4,9,13,15H,5-8,10-11H2,1H3;2*1H. The molecule has 0 bridgehead atoms. The molecule has 6 heteroatoms. The van der Waals surface area contributed by atoms with Crippen molar-refractivity contribution in [3.8, 4) is 0 Å². The molecule has 1 aliphatic rings. The van der Waals surface area contributed by atoms with E-state index in [0.717, 1.165) is 38.0 Å². The van der Waals surface area contributed by atoms with Crippen LogP contribution in [0.15, 0.2) is 24.4 Å². The average molecular weight is 320 g/mol. The van der Waals surface area contributed by atoms with Gasteiger partial charge in [-0.25, -0.2) is 0 Å². The molecule has 4 nitrogen and oxygen atoms in total. The van der Waals surface area contributed by atoms with Gasteiger partial charge >= 0.3 is 0 Å². The Morgan fingerprint density at radius 2 is 2.05 bits per heavy atom. The first-order chi connectivity index (χ1) is 8.77. The van der Waals surface area contributed by atoms with Crippen LogP contribution in [-0.2, 0) is 11.2 Å². The Bertz CT molecular complexity index is 383. The Labute approximate surface area is 133 Å². The summed E-state index contributed by atoms with van der Waals surface area (Å²) in [6.07, 6.45) is 5.18. The van der Waals surface area contributed by atoms with Crippen molar-refractivity contribution in [2.45, 2.75) is 31.7 Å². The van der Waals surface area contributed by atoms with Crippen molar-refractivity contribution in [3.05, 3.63) is 30.1 Å². The molecule has 1 aromatic rings. The molecule has 0 spiro atoms. The van der Waals surface area contributed by atoms with Crippen LogP contribution in [0.5, 0.6) is 0 Å². The molecule has 1 aromatic heterocycles. The lowest BCUT2D eigenvalue weighted by Crippen LogP contribution is -2.44. The van der Waals surface area contributed by atoms with Crippen LogP contribution in [0.25, 0.3) is 0 Å². The highest BCUT2D eigenvalue weighted by atomic mass is 35.5. The number of nitrogens with zero attached hydrogens (tertiary/aromatic N) is 2. The fraction of sp³-hybridized carbons (Fsp3) is 0.571. The van der Waals surface area contributed by atoms with Crippen LogP contribution in [0.2, 0.25) is 0 Å². The Morgan fingerprint density at radius 1 is 1.35 bits per heavy atom. The highest BCUT2D eigenvalue weighted by molar-refractivity contribution is 5.85. The smallest absolute Gasteiger partial charge is 0.222 e. The van der Waals surface area contributed by atoms with Crippen LogP contribution in [0.4, 0.5) is 0 Å². The molecule has 1 amide bonds. The molecule has 20 heavy (non-hydrogen) atoms. The van der Waals surface area contributed by atoms with Gasteiger partial charge in [0.2, 0.25) is 5.91 Å². The summed E-state index contributed by atoms with van der Waals surface area (Å²) in [6, 6.07) is 6.23. The highest BCUT2D eigenvalue weighted by Crippen LogP contribution is 2.12. The number of halogens is 2. The zero-order valence-electron chi connectivity index (χ0n) is 11.7. The minimum atomic E-state index is 0. The van der Waals surface area contributed by atoms with E-state index >= 15 is 0 Å². The Morgan fingerprint density at radius 3 is 2.65 bits per heavy atom. The summed E-state index contributed by atoms with van der Waals surface area (Å²) >= 11 is 0. The number of nitrogens with one attached hydrogen (secondary N) is 1. The second-order valence-electron chi connectivity index (χ2n) is 4.81. The second-order valence-corrected chi connectivity index (χ2v) is 4.81. The molecule has 0 aliphatic carbocycles. The van der Waals surface area contributed by atoms with E-state index in [-0.39, 0.29) is 30.7 Å². The van der Waals surface area contributed by atoms with Crippen molar-refractivity contribution >= 4 is 30.7 Å². The Balaban J connectivity index is 0.00000180. The lowest BCUT2D eigenvalue weighted by Gasteiger charge is -2.31. The third-order valence-corrected chi connectivity index (χ3v) is 3.57. The minimum Gasteiger partial charge on any atom is -0.343 e. The van der Waals surface area contributed by atoms with Gasteiger partial charge in [-0.1, -0.05) is 6.07 Å². The normalized spacial score (nSPS) is 14.8. The molecule has 1 aliphatic heterocycles. The zero-order valence-corrected chi connectivity index (χ0v) is 13.4. The molecule has 0 saturated carbocycles. The van der Waals surface area contributed by atoms with E-state index in [4.69, 9.17) is 0 Å². The van der Waals surface area contributed by atoms with Crippen LogP contribution in [-0.4, -0.2) is 42.0 Å². The van der Waals surface area contributed by atoms with Gasteiger partial charge in [0.1, 0.15) is 0 Å². The second kappa shape index (κ2) is 9.97. The van der Waals surface area contributed by atoms with Crippen LogP contribution in [0.1, 0.15) is 25.0 Å². The number of aryl methyl sites for hydroxylation is 1. The van der Waals surface area contributed by atoms with Gasteiger partial charge in [-0.15, -0.1) is 24.8 Å². The van der Waals surface area contributed by atoms with Crippen LogP contribution in [0.3, 0.4) is 0 Å². The number of amides is 1. The lowest BCUT2D eigenvalue weighted by molar-refractivity contribution is -0.132. The van der Waals surface area contributed by atoms with Crippen molar-refractivity contribution in [1.82, 2.24) is 15.2 Å². The van der Waals surface area contributed by atoms with Gasteiger partial charge in [0.25, 0.3) is 0 Å². The molecule has 0 aromatic carbocycles. The number of piperidine rings is 1. The maximum atomic E-state index is 12.1. The van der Waals surface area contributed by atoms with Crippen molar-refractivity contribution in [1.29, 1.82) is 0 Å². The average Bonchev–Trinajstić information content (AvgIpc) is 2.46. The van der Waals surface area contributed by atoms with Crippen molar-refractivity contribution in [3.63, 3.8) is 0 Å². The van der Waals surface area contributed by atoms with Crippen LogP contribution < -0.4 is 5.32 Å². The Kier molecular flexibility index (Phi) is 9.55. The van der Waals surface area contributed by atoms with Crippen molar-refractivity contribution in [2.24, 2.45) is 0 Å². The molecular weight excluding hydrogens is 297 g/mol. The zero-order chi connectivity index (χ0) is 12.8. The molecule has 114 valence electrons. The molecular formula is C14H23Cl2N3O. The first-order valence-corrected chi connectivity index (χ1v) is 6.63. The van der Waals surface area contributed by atoms with Gasteiger partial charge in [-0.2, -0.15) is 0 Å². The molecule has 2 rings (SSSR count). The van der Waals surface area contributed by atoms with E-state index in [1.165, 1.54) is 0 Å². The molecule has 1 fully saturated rings. The summed E-state index contributed by atoms with van der Waals surface area (Å²) in [7, 11) is 1.93. The largest absolute Gasteiger partial charge is 0.343 e. The molecule has 1 saturated heterocycles. The SMILES string of the molecule is CN(C(=O)CCc1ccccn1)C1CCNCC1.Cl.Cl. The van der Waals surface area contributed by atoms with Gasteiger partial charge in [-0.05, 0) is 44.5 Å². The maximum absolute atomic E-state index is 12.1. The number of pyridine rings is 1. The number of aromatic nitrogens is 1. The molecule has 1 N–H and O–H groups in total. The summed E-state index contributed by atoms with van der Waals surface area (Å²) in [5.41, 5.74) is 0.990. The third-order valence-electron chi connectivity index (χ3n) is 3.57. The van der Waals surface area contributed by atoms with E-state index in [1.807, 2.05) is 30.1 Å². The monoisotopic (exact) mass is 319 g/mol. The van der Waals surface area contributed by atoms with Crippen LogP contribution in [0, 0.1) is 0 Å². The first kappa shape index (κ1) is 19.2. The topological polar surface area (TPSA) is 45.2 Å². The van der Waals surface area contributed by atoms with E-state index in [0.29, 0.717) is 12.5 Å². The molecule has 2 heterocycles. The van der Waals surface area contributed by atoms with Gasteiger partial charge in [0, 0.05) is 31.4 Å². The predicted molar refractivity (Wildman–Crippen MR) is 85.7 cm³/mol.